The summed E-state index contributed by atoms with van der Waals surface area (Å²) in [5, 5.41) is 6.87. The molecule has 0 bridgehead atoms. The predicted octanol–water partition coefficient (Wildman–Crippen LogP) is 4.71. The third-order valence-electron chi connectivity index (χ3n) is 4.27. The van der Waals surface area contributed by atoms with Crippen molar-refractivity contribution in [2.45, 2.75) is 58.4 Å². The van der Waals surface area contributed by atoms with E-state index in [-0.39, 0.29) is 5.54 Å². The summed E-state index contributed by atoms with van der Waals surface area (Å²) in [6, 6.07) is 7.99. The zero-order valence-electron chi connectivity index (χ0n) is 14.2. The van der Waals surface area contributed by atoms with Crippen molar-refractivity contribution in [2.24, 2.45) is 5.10 Å². The summed E-state index contributed by atoms with van der Waals surface area (Å²) < 4.78 is 5.18. The SMILES string of the molecule is CCCC(CC)(CCC)N(C)N=Cc1ccc(OC)cc1. The molecule has 0 spiro atoms. The van der Waals surface area contributed by atoms with Gasteiger partial charge in [0.05, 0.1) is 18.9 Å². The molecule has 0 fully saturated rings. The van der Waals surface area contributed by atoms with E-state index < -0.39 is 0 Å². The minimum atomic E-state index is 0.187. The fourth-order valence-electron chi connectivity index (χ4n) is 2.93. The van der Waals surface area contributed by atoms with Gasteiger partial charge in [-0.1, -0.05) is 33.6 Å². The minimum Gasteiger partial charge on any atom is -0.497 e. The average molecular weight is 290 g/mol. The Labute approximate surface area is 130 Å². The Morgan fingerprint density at radius 1 is 1.10 bits per heavy atom. The molecule has 0 aliphatic rings. The van der Waals surface area contributed by atoms with E-state index in [0.29, 0.717) is 0 Å². The van der Waals surface area contributed by atoms with Gasteiger partial charge in [-0.15, -0.1) is 0 Å². The summed E-state index contributed by atoms with van der Waals surface area (Å²) >= 11 is 0. The lowest BCUT2D eigenvalue weighted by Crippen LogP contribution is -2.43. The molecule has 1 aromatic rings. The highest BCUT2D eigenvalue weighted by atomic mass is 16.5. The van der Waals surface area contributed by atoms with Gasteiger partial charge in [0.15, 0.2) is 0 Å². The van der Waals surface area contributed by atoms with E-state index in [4.69, 9.17) is 9.84 Å². The normalized spacial score (nSPS) is 11.9. The lowest BCUT2D eigenvalue weighted by molar-refractivity contribution is 0.0951. The maximum Gasteiger partial charge on any atom is 0.118 e. The summed E-state index contributed by atoms with van der Waals surface area (Å²) in [7, 11) is 3.79. The Bertz CT molecular complexity index is 419. The van der Waals surface area contributed by atoms with E-state index in [9.17, 15) is 0 Å². The van der Waals surface area contributed by atoms with Crippen LogP contribution in [0.25, 0.3) is 0 Å². The van der Waals surface area contributed by atoms with Gasteiger partial charge in [-0.25, -0.2) is 0 Å². The molecule has 1 aromatic carbocycles. The molecule has 3 nitrogen and oxygen atoms in total. The number of rotatable bonds is 9. The number of hydrogen-bond acceptors (Lipinski definition) is 3. The molecule has 0 N–H and O–H groups in total. The lowest BCUT2D eigenvalue weighted by Gasteiger charge is -2.39. The van der Waals surface area contributed by atoms with Crippen LogP contribution in [0, 0.1) is 0 Å². The Kier molecular flexibility index (Phi) is 7.27. The van der Waals surface area contributed by atoms with Crippen LogP contribution >= 0.6 is 0 Å². The number of methoxy groups -OCH3 is 1. The molecular weight excluding hydrogens is 260 g/mol. The standard InChI is InChI=1S/C18H30N2O/c1-6-13-18(8-3,14-7-2)20(4)19-15-16-9-11-17(21-5)12-10-16/h9-12,15H,6-8,13-14H2,1-5H3. The molecular formula is C18H30N2O. The molecule has 3 heteroatoms. The Morgan fingerprint density at radius 2 is 1.67 bits per heavy atom. The second-order valence-corrected chi connectivity index (χ2v) is 5.62. The lowest BCUT2D eigenvalue weighted by atomic mass is 9.85. The van der Waals surface area contributed by atoms with Crippen LogP contribution in [0.1, 0.15) is 58.4 Å². The van der Waals surface area contributed by atoms with Gasteiger partial charge >= 0.3 is 0 Å². The summed E-state index contributed by atoms with van der Waals surface area (Å²) in [5.74, 6) is 0.875. The summed E-state index contributed by atoms with van der Waals surface area (Å²) in [4.78, 5) is 0. The molecule has 0 atom stereocenters. The third kappa shape index (κ3) is 4.76. The number of hydrogen-bond donors (Lipinski definition) is 0. The van der Waals surface area contributed by atoms with E-state index in [1.807, 2.05) is 30.5 Å². The topological polar surface area (TPSA) is 24.8 Å². The van der Waals surface area contributed by atoms with Crippen molar-refractivity contribution >= 4 is 6.21 Å². The van der Waals surface area contributed by atoms with Crippen LogP contribution in [0.5, 0.6) is 5.75 Å². The highest BCUT2D eigenvalue weighted by Gasteiger charge is 2.30. The fraction of sp³-hybridized carbons (Fsp3) is 0.611. The van der Waals surface area contributed by atoms with Gasteiger partial charge in [-0.05, 0) is 49.1 Å². The number of nitrogens with zero attached hydrogens (tertiary/aromatic N) is 2. The van der Waals surface area contributed by atoms with Crippen LogP contribution in [0.4, 0.5) is 0 Å². The second-order valence-electron chi connectivity index (χ2n) is 5.62. The van der Waals surface area contributed by atoms with Crippen molar-refractivity contribution in [3.05, 3.63) is 29.8 Å². The minimum absolute atomic E-state index is 0.187. The Hall–Kier alpha value is -1.51. The van der Waals surface area contributed by atoms with Gasteiger partial charge in [0.25, 0.3) is 0 Å². The van der Waals surface area contributed by atoms with Crippen molar-refractivity contribution < 1.29 is 4.74 Å². The van der Waals surface area contributed by atoms with E-state index >= 15 is 0 Å². The second kappa shape index (κ2) is 8.71. The number of ether oxygens (including phenoxy) is 1. The highest BCUT2D eigenvalue weighted by molar-refractivity contribution is 5.79. The molecule has 0 saturated heterocycles. The van der Waals surface area contributed by atoms with Crippen LogP contribution in [0.15, 0.2) is 29.4 Å². The first-order chi connectivity index (χ1) is 10.1. The molecule has 0 amide bonds. The summed E-state index contributed by atoms with van der Waals surface area (Å²) in [5.41, 5.74) is 1.28. The van der Waals surface area contributed by atoms with Gasteiger partial charge in [0.1, 0.15) is 5.75 Å². The van der Waals surface area contributed by atoms with Crippen molar-refractivity contribution in [3.8, 4) is 5.75 Å². The molecule has 0 radical (unpaired) electrons. The van der Waals surface area contributed by atoms with Crippen LogP contribution in [-0.2, 0) is 0 Å². The zero-order valence-corrected chi connectivity index (χ0v) is 14.2. The van der Waals surface area contributed by atoms with Crippen molar-refractivity contribution in [1.29, 1.82) is 0 Å². The molecule has 0 heterocycles. The van der Waals surface area contributed by atoms with E-state index in [1.54, 1.807) is 7.11 Å². The van der Waals surface area contributed by atoms with E-state index in [0.717, 1.165) is 17.7 Å². The number of hydrazone groups is 1. The van der Waals surface area contributed by atoms with Crippen LogP contribution in [0.2, 0.25) is 0 Å². The van der Waals surface area contributed by atoms with Crippen molar-refractivity contribution in [2.75, 3.05) is 14.2 Å². The first-order valence-electron chi connectivity index (χ1n) is 8.03. The third-order valence-corrected chi connectivity index (χ3v) is 4.27. The van der Waals surface area contributed by atoms with E-state index in [1.165, 1.54) is 25.7 Å². The predicted molar refractivity (Wildman–Crippen MR) is 91.2 cm³/mol. The molecule has 1 rings (SSSR count). The molecule has 0 aliphatic heterocycles. The van der Waals surface area contributed by atoms with Gasteiger partial charge in [0.2, 0.25) is 0 Å². The maximum atomic E-state index is 5.18. The van der Waals surface area contributed by atoms with Crippen LogP contribution in [0.3, 0.4) is 0 Å². The largest absolute Gasteiger partial charge is 0.497 e. The first kappa shape index (κ1) is 17.5. The van der Waals surface area contributed by atoms with Crippen molar-refractivity contribution in [3.63, 3.8) is 0 Å². The van der Waals surface area contributed by atoms with Crippen LogP contribution in [-0.4, -0.2) is 30.9 Å². The van der Waals surface area contributed by atoms with Crippen molar-refractivity contribution in [1.82, 2.24) is 5.01 Å². The molecule has 0 aromatic heterocycles. The van der Waals surface area contributed by atoms with Gasteiger partial charge in [-0.3, -0.25) is 5.01 Å². The summed E-state index contributed by atoms with van der Waals surface area (Å²) in [6.45, 7) is 6.77. The zero-order chi connectivity index (χ0) is 15.7. The molecule has 21 heavy (non-hydrogen) atoms. The molecule has 0 unspecified atom stereocenters. The summed E-state index contributed by atoms with van der Waals surface area (Å²) in [6.07, 6.45) is 7.83. The average Bonchev–Trinajstić information content (AvgIpc) is 2.52. The molecule has 118 valence electrons. The van der Waals surface area contributed by atoms with E-state index in [2.05, 4.69) is 32.8 Å². The Balaban J connectivity index is 2.83. The van der Waals surface area contributed by atoms with Gasteiger partial charge in [0, 0.05) is 7.05 Å². The quantitative estimate of drug-likeness (QED) is 0.486. The molecule has 0 aliphatic carbocycles. The first-order valence-corrected chi connectivity index (χ1v) is 8.03. The monoisotopic (exact) mass is 290 g/mol. The molecule has 0 saturated carbocycles. The Morgan fingerprint density at radius 3 is 2.10 bits per heavy atom. The number of benzene rings is 1. The van der Waals surface area contributed by atoms with Crippen LogP contribution < -0.4 is 4.74 Å². The fourth-order valence-corrected chi connectivity index (χ4v) is 2.93. The van der Waals surface area contributed by atoms with Gasteiger partial charge in [-0.2, -0.15) is 5.10 Å². The highest BCUT2D eigenvalue weighted by Crippen LogP contribution is 2.30. The smallest absolute Gasteiger partial charge is 0.118 e. The van der Waals surface area contributed by atoms with Gasteiger partial charge < -0.3 is 4.74 Å². The maximum absolute atomic E-state index is 5.18.